The van der Waals surface area contributed by atoms with Gasteiger partial charge in [0.1, 0.15) is 0 Å². The van der Waals surface area contributed by atoms with Crippen LogP contribution in [0.25, 0.3) is 0 Å². The van der Waals surface area contributed by atoms with Gasteiger partial charge in [0.05, 0.1) is 12.6 Å². The molecule has 1 aromatic carbocycles. The summed E-state index contributed by atoms with van der Waals surface area (Å²) in [5, 5.41) is 9.47. The third-order valence-corrected chi connectivity index (χ3v) is 2.21. The topological polar surface area (TPSA) is 23.5 Å². The van der Waals surface area contributed by atoms with Crippen LogP contribution < -0.4 is 4.90 Å². The van der Waals surface area contributed by atoms with Crippen LogP contribution in [0.3, 0.4) is 0 Å². The molecule has 84 valence electrons. The van der Waals surface area contributed by atoms with Gasteiger partial charge in [0.25, 0.3) is 6.43 Å². The van der Waals surface area contributed by atoms with Crippen LogP contribution in [0.2, 0.25) is 0 Å². The summed E-state index contributed by atoms with van der Waals surface area (Å²) in [6.07, 6.45) is -3.03. The molecule has 0 aliphatic heterocycles. The monoisotopic (exact) mass is 215 g/mol. The molecule has 0 heterocycles. The number of benzene rings is 1. The Morgan fingerprint density at radius 3 is 2.47 bits per heavy atom. The lowest BCUT2D eigenvalue weighted by atomic mass is 10.1. The summed E-state index contributed by atoms with van der Waals surface area (Å²) in [7, 11) is 1.59. The predicted molar refractivity (Wildman–Crippen MR) is 56.3 cm³/mol. The zero-order chi connectivity index (χ0) is 11.4. The molecule has 1 aromatic rings. The van der Waals surface area contributed by atoms with E-state index in [1.165, 1.54) is 4.90 Å². The Kier molecular flexibility index (Phi) is 4.03. The molecule has 1 N–H and O–H groups in total. The van der Waals surface area contributed by atoms with Crippen molar-refractivity contribution in [2.45, 2.75) is 19.5 Å². The first-order valence-corrected chi connectivity index (χ1v) is 4.78. The molecule has 1 rings (SSSR count). The van der Waals surface area contributed by atoms with Crippen LogP contribution in [-0.4, -0.2) is 25.1 Å². The largest absolute Gasteiger partial charge is 0.389 e. The molecule has 0 amide bonds. The Morgan fingerprint density at radius 1 is 1.33 bits per heavy atom. The minimum atomic E-state index is -2.38. The molecule has 0 saturated carbocycles. The van der Waals surface area contributed by atoms with Crippen LogP contribution in [0.1, 0.15) is 18.6 Å². The van der Waals surface area contributed by atoms with Gasteiger partial charge in [-0.25, -0.2) is 8.78 Å². The second kappa shape index (κ2) is 5.07. The van der Waals surface area contributed by atoms with E-state index >= 15 is 0 Å². The van der Waals surface area contributed by atoms with Crippen molar-refractivity contribution in [3.8, 4) is 0 Å². The van der Waals surface area contributed by atoms with Gasteiger partial charge in [0.15, 0.2) is 0 Å². The van der Waals surface area contributed by atoms with E-state index in [-0.39, 0.29) is 6.54 Å². The SMILES string of the molecule is CC(O)c1ccccc1N(C)CC(F)F. The molecule has 0 spiro atoms. The number of hydrogen-bond acceptors (Lipinski definition) is 2. The Labute approximate surface area is 88.1 Å². The Hall–Kier alpha value is -1.16. The normalized spacial score (nSPS) is 12.9. The number of aliphatic hydroxyl groups excluding tert-OH is 1. The van der Waals surface area contributed by atoms with E-state index in [4.69, 9.17) is 0 Å². The van der Waals surface area contributed by atoms with E-state index in [1.807, 2.05) is 0 Å². The number of halogens is 2. The summed E-state index contributed by atoms with van der Waals surface area (Å²) >= 11 is 0. The van der Waals surface area contributed by atoms with Crippen LogP contribution >= 0.6 is 0 Å². The standard InChI is InChI=1S/C11H15F2NO/c1-8(15)9-5-3-4-6-10(9)14(2)7-11(12)13/h3-6,8,11,15H,7H2,1-2H3. The van der Waals surface area contributed by atoms with Gasteiger partial charge >= 0.3 is 0 Å². The average Bonchev–Trinajstić information content (AvgIpc) is 2.16. The molecule has 0 saturated heterocycles. The van der Waals surface area contributed by atoms with Crippen LogP contribution in [-0.2, 0) is 0 Å². The summed E-state index contributed by atoms with van der Waals surface area (Å²) in [4.78, 5) is 1.45. The second-order valence-corrected chi connectivity index (χ2v) is 3.51. The fourth-order valence-electron chi connectivity index (χ4n) is 1.49. The van der Waals surface area contributed by atoms with E-state index in [2.05, 4.69) is 0 Å². The zero-order valence-corrected chi connectivity index (χ0v) is 8.82. The smallest absolute Gasteiger partial charge is 0.255 e. The van der Waals surface area contributed by atoms with Gasteiger partial charge in [-0.15, -0.1) is 0 Å². The summed E-state index contributed by atoms with van der Waals surface area (Å²) < 4.78 is 24.4. The Balaban J connectivity index is 2.92. The fourth-order valence-corrected chi connectivity index (χ4v) is 1.49. The number of anilines is 1. The minimum Gasteiger partial charge on any atom is -0.389 e. The molecule has 0 bridgehead atoms. The van der Waals surface area contributed by atoms with Gasteiger partial charge < -0.3 is 10.0 Å². The van der Waals surface area contributed by atoms with Crippen LogP contribution in [0.15, 0.2) is 24.3 Å². The maximum atomic E-state index is 12.2. The molecule has 0 aliphatic rings. The molecular weight excluding hydrogens is 200 g/mol. The van der Waals surface area contributed by atoms with Crippen molar-refractivity contribution in [2.24, 2.45) is 0 Å². The van der Waals surface area contributed by atoms with Gasteiger partial charge in [0, 0.05) is 18.3 Å². The Bertz CT molecular complexity index is 315. The molecule has 1 atom stereocenters. The van der Waals surface area contributed by atoms with Gasteiger partial charge in [0.2, 0.25) is 0 Å². The van der Waals surface area contributed by atoms with Crippen LogP contribution in [0, 0.1) is 0 Å². The van der Waals surface area contributed by atoms with E-state index in [0.29, 0.717) is 11.3 Å². The maximum Gasteiger partial charge on any atom is 0.255 e. The van der Waals surface area contributed by atoms with E-state index in [1.54, 1.807) is 38.2 Å². The molecule has 0 radical (unpaired) electrons. The zero-order valence-electron chi connectivity index (χ0n) is 8.82. The van der Waals surface area contributed by atoms with Crippen LogP contribution in [0.5, 0.6) is 0 Å². The lowest BCUT2D eigenvalue weighted by Crippen LogP contribution is -2.25. The van der Waals surface area contributed by atoms with Crippen molar-refractivity contribution in [2.75, 3.05) is 18.5 Å². The lowest BCUT2D eigenvalue weighted by Gasteiger charge is -2.23. The number of rotatable bonds is 4. The highest BCUT2D eigenvalue weighted by molar-refractivity contribution is 5.53. The minimum absolute atomic E-state index is 0.330. The summed E-state index contributed by atoms with van der Waals surface area (Å²) in [6.45, 7) is 1.29. The molecule has 0 aromatic heterocycles. The van der Waals surface area contributed by atoms with Gasteiger partial charge in [-0.05, 0) is 13.0 Å². The lowest BCUT2D eigenvalue weighted by molar-refractivity contribution is 0.156. The van der Waals surface area contributed by atoms with E-state index in [0.717, 1.165) is 0 Å². The Morgan fingerprint density at radius 2 is 1.93 bits per heavy atom. The highest BCUT2D eigenvalue weighted by Gasteiger charge is 2.13. The fraction of sp³-hybridized carbons (Fsp3) is 0.455. The molecule has 4 heteroatoms. The number of hydrogen-bond donors (Lipinski definition) is 1. The predicted octanol–water partition coefficient (Wildman–Crippen LogP) is 2.44. The number of aliphatic hydroxyl groups is 1. The van der Waals surface area contributed by atoms with Gasteiger partial charge in [-0.1, -0.05) is 18.2 Å². The third kappa shape index (κ3) is 3.16. The van der Waals surface area contributed by atoms with Crippen molar-refractivity contribution in [1.29, 1.82) is 0 Å². The number of nitrogens with zero attached hydrogens (tertiary/aromatic N) is 1. The maximum absolute atomic E-state index is 12.2. The molecule has 1 unspecified atom stereocenters. The molecular formula is C11H15F2NO. The van der Waals surface area contributed by atoms with Gasteiger partial charge in [-0.2, -0.15) is 0 Å². The molecule has 15 heavy (non-hydrogen) atoms. The first-order valence-electron chi connectivity index (χ1n) is 4.78. The van der Waals surface area contributed by atoms with E-state index in [9.17, 15) is 13.9 Å². The average molecular weight is 215 g/mol. The first kappa shape index (κ1) is 11.9. The molecule has 2 nitrogen and oxygen atoms in total. The summed E-state index contributed by atoms with van der Waals surface area (Å²) in [5.41, 5.74) is 1.31. The highest BCUT2D eigenvalue weighted by Crippen LogP contribution is 2.25. The second-order valence-electron chi connectivity index (χ2n) is 3.51. The van der Waals surface area contributed by atoms with Crippen molar-refractivity contribution >= 4 is 5.69 Å². The highest BCUT2D eigenvalue weighted by atomic mass is 19.3. The number of para-hydroxylation sites is 1. The van der Waals surface area contributed by atoms with Crippen molar-refractivity contribution in [1.82, 2.24) is 0 Å². The van der Waals surface area contributed by atoms with Crippen molar-refractivity contribution < 1.29 is 13.9 Å². The van der Waals surface area contributed by atoms with E-state index < -0.39 is 12.5 Å². The van der Waals surface area contributed by atoms with Crippen molar-refractivity contribution in [3.05, 3.63) is 29.8 Å². The quantitative estimate of drug-likeness (QED) is 0.833. The molecule has 0 fully saturated rings. The van der Waals surface area contributed by atoms with Crippen molar-refractivity contribution in [3.63, 3.8) is 0 Å². The molecule has 0 aliphatic carbocycles. The summed E-state index contributed by atoms with van der Waals surface area (Å²) in [5.74, 6) is 0. The third-order valence-electron chi connectivity index (χ3n) is 2.21. The first-order chi connectivity index (χ1) is 7.02. The van der Waals surface area contributed by atoms with Gasteiger partial charge in [-0.3, -0.25) is 0 Å². The van der Waals surface area contributed by atoms with Crippen LogP contribution in [0.4, 0.5) is 14.5 Å². The number of alkyl halides is 2. The summed E-state index contributed by atoms with van der Waals surface area (Å²) in [6, 6.07) is 7.01.